The van der Waals surface area contributed by atoms with Gasteiger partial charge in [-0.2, -0.15) is 0 Å². The third-order valence-corrected chi connectivity index (χ3v) is 5.33. The van der Waals surface area contributed by atoms with E-state index in [0.717, 1.165) is 16.9 Å². The van der Waals surface area contributed by atoms with Crippen LogP contribution in [-0.4, -0.2) is 19.1 Å². The van der Waals surface area contributed by atoms with Crippen molar-refractivity contribution in [1.82, 2.24) is 10.6 Å². The summed E-state index contributed by atoms with van der Waals surface area (Å²) >= 11 is 1.69. The lowest BCUT2D eigenvalue weighted by molar-refractivity contribution is -0.123. The Balaban J connectivity index is 1.62. The smallest absolute Gasteiger partial charge is 0.237 e. The first-order valence-corrected chi connectivity index (χ1v) is 9.80. The first kappa shape index (κ1) is 19.1. The van der Waals surface area contributed by atoms with Crippen LogP contribution in [-0.2, 0) is 11.3 Å². The maximum absolute atomic E-state index is 12.6. The van der Waals surface area contributed by atoms with Crippen molar-refractivity contribution in [3.8, 4) is 5.75 Å². The monoisotopic (exact) mass is 380 g/mol. The first-order chi connectivity index (χ1) is 13.2. The van der Waals surface area contributed by atoms with Gasteiger partial charge in [0.2, 0.25) is 5.91 Å². The maximum atomic E-state index is 12.6. The van der Waals surface area contributed by atoms with Gasteiger partial charge in [-0.05, 0) is 41.6 Å². The van der Waals surface area contributed by atoms with Crippen LogP contribution in [0.2, 0.25) is 0 Å². The number of benzene rings is 2. The Morgan fingerprint density at radius 2 is 1.78 bits per heavy atom. The highest BCUT2D eigenvalue weighted by atomic mass is 32.1. The number of carbonyl (C=O) groups is 1. The summed E-state index contributed by atoms with van der Waals surface area (Å²) in [5.74, 6) is 0.782. The minimum atomic E-state index is -0.324. The number of methoxy groups -OCH3 is 1. The predicted octanol–water partition coefficient (Wildman–Crippen LogP) is 4.14. The van der Waals surface area contributed by atoms with E-state index in [4.69, 9.17) is 4.74 Å². The van der Waals surface area contributed by atoms with Crippen LogP contribution in [0.5, 0.6) is 5.75 Å². The van der Waals surface area contributed by atoms with Gasteiger partial charge in [-0.1, -0.05) is 48.5 Å². The van der Waals surface area contributed by atoms with Crippen molar-refractivity contribution in [3.63, 3.8) is 0 Å². The summed E-state index contributed by atoms with van der Waals surface area (Å²) in [6, 6.07) is 21.7. The summed E-state index contributed by atoms with van der Waals surface area (Å²) in [6.07, 6.45) is 0. The van der Waals surface area contributed by atoms with Gasteiger partial charge in [0.1, 0.15) is 5.75 Å². The van der Waals surface area contributed by atoms with Crippen molar-refractivity contribution >= 4 is 17.2 Å². The number of hydrogen-bond acceptors (Lipinski definition) is 4. The molecule has 1 heterocycles. The zero-order valence-corrected chi connectivity index (χ0v) is 16.3. The van der Waals surface area contributed by atoms with E-state index < -0.39 is 0 Å². The lowest BCUT2D eigenvalue weighted by Gasteiger charge is -2.22. The van der Waals surface area contributed by atoms with Crippen LogP contribution in [0.25, 0.3) is 0 Å². The molecule has 2 aromatic carbocycles. The normalized spacial score (nSPS) is 13.0. The molecule has 0 saturated heterocycles. The highest BCUT2D eigenvalue weighted by Crippen LogP contribution is 2.26. The number of rotatable bonds is 8. The Hall–Kier alpha value is -2.63. The van der Waals surface area contributed by atoms with E-state index in [1.54, 1.807) is 18.4 Å². The van der Waals surface area contributed by atoms with Crippen LogP contribution in [0.1, 0.15) is 29.0 Å². The Labute approximate surface area is 164 Å². The molecule has 0 aliphatic heterocycles. The van der Waals surface area contributed by atoms with Gasteiger partial charge in [0.15, 0.2) is 0 Å². The zero-order valence-electron chi connectivity index (χ0n) is 15.5. The molecule has 3 aromatic rings. The van der Waals surface area contributed by atoms with Crippen LogP contribution < -0.4 is 15.4 Å². The minimum Gasteiger partial charge on any atom is -0.497 e. The number of ether oxygens (including phenoxy) is 1. The Bertz CT molecular complexity index is 833. The van der Waals surface area contributed by atoms with Gasteiger partial charge in [-0.3, -0.25) is 10.1 Å². The molecule has 0 spiro atoms. The third kappa shape index (κ3) is 5.18. The fourth-order valence-corrected chi connectivity index (χ4v) is 3.67. The number of nitrogens with one attached hydrogen (secondary N) is 2. The Morgan fingerprint density at radius 3 is 2.41 bits per heavy atom. The number of amides is 1. The topological polar surface area (TPSA) is 50.4 Å². The van der Waals surface area contributed by atoms with E-state index in [9.17, 15) is 4.79 Å². The van der Waals surface area contributed by atoms with Gasteiger partial charge in [0.05, 0.1) is 19.2 Å². The molecule has 1 amide bonds. The SMILES string of the molecule is COc1ccc(CNC(=O)[C@H](C)N[C@@H](c2ccccc2)c2cccs2)cc1. The molecular formula is C22H24N2O2S. The Kier molecular flexibility index (Phi) is 6.63. The minimum absolute atomic E-state index is 0.00654. The molecule has 3 rings (SSSR count). The van der Waals surface area contributed by atoms with Gasteiger partial charge >= 0.3 is 0 Å². The van der Waals surface area contributed by atoms with Gasteiger partial charge in [-0.25, -0.2) is 0 Å². The van der Waals surface area contributed by atoms with Crippen LogP contribution >= 0.6 is 11.3 Å². The standard InChI is InChI=1S/C22H24N2O2S/c1-16(22(25)23-15-17-10-12-19(26-2)13-11-17)24-21(20-9-6-14-27-20)18-7-4-3-5-8-18/h3-14,16,21,24H,15H2,1-2H3,(H,23,25)/t16-,21-/m0/s1. The molecular weight excluding hydrogens is 356 g/mol. The molecule has 0 aliphatic rings. The fourth-order valence-electron chi connectivity index (χ4n) is 2.85. The summed E-state index contributed by atoms with van der Waals surface area (Å²) in [6.45, 7) is 2.39. The third-order valence-electron chi connectivity index (χ3n) is 4.40. The number of carbonyl (C=O) groups excluding carboxylic acids is 1. The molecule has 1 aromatic heterocycles. The van der Waals surface area contributed by atoms with E-state index in [0.29, 0.717) is 6.54 Å². The van der Waals surface area contributed by atoms with E-state index in [1.165, 1.54) is 4.88 Å². The van der Waals surface area contributed by atoms with Crippen molar-refractivity contribution in [2.45, 2.75) is 25.6 Å². The molecule has 27 heavy (non-hydrogen) atoms. The largest absolute Gasteiger partial charge is 0.497 e. The van der Waals surface area contributed by atoms with Crippen molar-refractivity contribution in [2.24, 2.45) is 0 Å². The van der Waals surface area contributed by atoms with Gasteiger partial charge in [-0.15, -0.1) is 11.3 Å². The molecule has 2 atom stereocenters. The van der Waals surface area contributed by atoms with Gasteiger partial charge < -0.3 is 10.1 Å². The summed E-state index contributed by atoms with van der Waals surface area (Å²) in [4.78, 5) is 13.8. The van der Waals surface area contributed by atoms with E-state index in [2.05, 4.69) is 34.2 Å². The summed E-state index contributed by atoms with van der Waals surface area (Å²) in [5, 5.41) is 8.52. The maximum Gasteiger partial charge on any atom is 0.237 e. The van der Waals surface area contributed by atoms with Crippen LogP contribution in [0.4, 0.5) is 0 Å². The summed E-state index contributed by atoms with van der Waals surface area (Å²) in [7, 11) is 1.64. The van der Waals surface area contributed by atoms with E-state index in [1.807, 2.05) is 55.5 Å². The van der Waals surface area contributed by atoms with Gasteiger partial charge in [0.25, 0.3) is 0 Å². The second kappa shape index (κ2) is 9.35. The average Bonchev–Trinajstić information content (AvgIpc) is 3.25. The first-order valence-electron chi connectivity index (χ1n) is 8.92. The van der Waals surface area contributed by atoms with Crippen molar-refractivity contribution in [1.29, 1.82) is 0 Å². The molecule has 4 nitrogen and oxygen atoms in total. The van der Waals surface area contributed by atoms with Crippen LogP contribution in [0.3, 0.4) is 0 Å². The quantitative estimate of drug-likeness (QED) is 0.617. The van der Waals surface area contributed by atoms with Crippen molar-refractivity contribution < 1.29 is 9.53 Å². The second-order valence-electron chi connectivity index (χ2n) is 6.31. The lowest BCUT2D eigenvalue weighted by Crippen LogP contribution is -2.43. The van der Waals surface area contributed by atoms with Crippen LogP contribution in [0, 0.1) is 0 Å². The molecule has 5 heteroatoms. The fraction of sp³-hybridized carbons (Fsp3) is 0.227. The summed E-state index contributed by atoms with van der Waals surface area (Å²) in [5.41, 5.74) is 2.18. The summed E-state index contributed by atoms with van der Waals surface area (Å²) < 4.78 is 5.16. The van der Waals surface area contributed by atoms with Crippen molar-refractivity contribution in [3.05, 3.63) is 88.1 Å². The van der Waals surface area contributed by atoms with Crippen LogP contribution in [0.15, 0.2) is 72.1 Å². The van der Waals surface area contributed by atoms with E-state index >= 15 is 0 Å². The highest BCUT2D eigenvalue weighted by molar-refractivity contribution is 7.10. The Morgan fingerprint density at radius 1 is 1.04 bits per heavy atom. The number of hydrogen-bond donors (Lipinski definition) is 2. The molecule has 140 valence electrons. The number of thiophene rings is 1. The van der Waals surface area contributed by atoms with Gasteiger partial charge in [0, 0.05) is 11.4 Å². The lowest BCUT2D eigenvalue weighted by atomic mass is 10.0. The average molecular weight is 381 g/mol. The molecule has 0 unspecified atom stereocenters. The molecule has 0 bridgehead atoms. The van der Waals surface area contributed by atoms with Crippen molar-refractivity contribution in [2.75, 3.05) is 7.11 Å². The molecule has 2 N–H and O–H groups in total. The second-order valence-corrected chi connectivity index (χ2v) is 7.29. The highest BCUT2D eigenvalue weighted by Gasteiger charge is 2.21. The van der Waals surface area contributed by atoms with E-state index in [-0.39, 0.29) is 18.0 Å². The molecule has 0 radical (unpaired) electrons. The molecule has 0 saturated carbocycles. The molecule has 0 aliphatic carbocycles. The predicted molar refractivity (Wildman–Crippen MR) is 110 cm³/mol. The molecule has 0 fully saturated rings. The zero-order chi connectivity index (χ0) is 19.1.